The van der Waals surface area contributed by atoms with Gasteiger partial charge in [-0.1, -0.05) is 18.2 Å². The topological polar surface area (TPSA) is 81.1 Å². The van der Waals surface area contributed by atoms with Gasteiger partial charge >= 0.3 is 0 Å². The SMILES string of the molecule is CS(=O)(=O)c1ccc(C2CC(=O)Nc3c2cnn3Cc2cccs2)cc1. The molecular weight excluding hydrogens is 370 g/mol. The van der Waals surface area contributed by atoms with Crippen LogP contribution in [0.2, 0.25) is 0 Å². The van der Waals surface area contributed by atoms with Gasteiger partial charge in [0.15, 0.2) is 9.84 Å². The first-order valence-corrected chi connectivity index (χ1v) is 10.9. The third-order valence-electron chi connectivity index (χ3n) is 4.49. The van der Waals surface area contributed by atoms with Gasteiger partial charge in [-0.15, -0.1) is 11.3 Å². The molecule has 0 radical (unpaired) electrons. The predicted octanol–water partition coefficient (Wildman–Crippen LogP) is 2.87. The fraction of sp³-hybridized carbons (Fsp3) is 0.222. The normalized spacial score (nSPS) is 17.0. The molecule has 0 fully saturated rings. The van der Waals surface area contributed by atoms with Crippen LogP contribution in [0.25, 0.3) is 0 Å². The third kappa shape index (κ3) is 3.17. The van der Waals surface area contributed by atoms with E-state index in [1.165, 1.54) is 6.26 Å². The summed E-state index contributed by atoms with van der Waals surface area (Å²) in [5.41, 5.74) is 1.86. The van der Waals surface area contributed by atoms with Crippen LogP contribution < -0.4 is 5.32 Å². The first-order chi connectivity index (χ1) is 12.4. The lowest BCUT2D eigenvalue weighted by Gasteiger charge is -2.24. The minimum atomic E-state index is -3.24. The molecular formula is C18H17N3O3S2. The van der Waals surface area contributed by atoms with Crippen LogP contribution in [0.1, 0.15) is 28.3 Å². The highest BCUT2D eigenvalue weighted by Crippen LogP contribution is 2.37. The molecule has 1 aromatic carbocycles. The summed E-state index contributed by atoms with van der Waals surface area (Å²) in [4.78, 5) is 13.7. The Morgan fingerprint density at radius 3 is 2.69 bits per heavy atom. The molecule has 0 saturated heterocycles. The summed E-state index contributed by atoms with van der Waals surface area (Å²) in [6, 6.07) is 10.8. The molecule has 0 bridgehead atoms. The maximum atomic E-state index is 12.2. The summed E-state index contributed by atoms with van der Waals surface area (Å²) in [6.45, 7) is 0.604. The number of amides is 1. The number of benzene rings is 1. The fourth-order valence-corrected chi connectivity index (χ4v) is 4.50. The smallest absolute Gasteiger partial charge is 0.226 e. The van der Waals surface area contributed by atoms with Crippen molar-refractivity contribution >= 4 is 32.9 Å². The van der Waals surface area contributed by atoms with E-state index >= 15 is 0 Å². The molecule has 3 heterocycles. The predicted molar refractivity (Wildman–Crippen MR) is 100 cm³/mol. The molecule has 1 atom stereocenters. The average Bonchev–Trinajstić information content (AvgIpc) is 3.24. The first-order valence-electron chi connectivity index (χ1n) is 8.10. The molecule has 4 rings (SSSR count). The zero-order valence-electron chi connectivity index (χ0n) is 14.0. The lowest BCUT2D eigenvalue weighted by atomic mass is 9.87. The van der Waals surface area contributed by atoms with E-state index in [1.54, 1.807) is 46.5 Å². The van der Waals surface area contributed by atoms with Crippen LogP contribution in [0.15, 0.2) is 52.9 Å². The van der Waals surface area contributed by atoms with Crippen molar-refractivity contribution in [1.29, 1.82) is 0 Å². The second-order valence-corrected chi connectivity index (χ2v) is 9.38. The van der Waals surface area contributed by atoms with Gasteiger partial charge in [-0.3, -0.25) is 4.79 Å². The summed E-state index contributed by atoms with van der Waals surface area (Å²) < 4.78 is 25.1. The van der Waals surface area contributed by atoms with E-state index in [0.29, 0.717) is 18.8 Å². The Kier molecular flexibility index (Phi) is 4.16. The molecule has 1 aliphatic heterocycles. The maximum absolute atomic E-state index is 12.2. The van der Waals surface area contributed by atoms with Crippen LogP contribution in [-0.2, 0) is 21.2 Å². The number of rotatable bonds is 4. The largest absolute Gasteiger partial charge is 0.311 e. The van der Waals surface area contributed by atoms with Crippen molar-refractivity contribution in [3.05, 3.63) is 64.0 Å². The van der Waals surface area contributed by atoms with Crippen LogP contribution >= 0.6 is 11.3 Å². The van der Waals surface area contributed by atoms with E-state index in [9.17, 15) is 13.2 Å². The highest BCUT2D eigenvalue weighted by molar-refractivity contribution is 7.90. The molecule has 1 unspecified atom stereocenters. The van der Waals surface area contributed by atoms with Gasteiger partial charge in [-0.25, -0.2) is 13.1 Å². The number of aromatic nitrogens is 2. The van der Waals surface area contributed by atoms with Crippen molar-refractivity contribution in [2.24, 2.45) is 0 Å². The molecule has 1 amide bonds. The van der Waals surface area contributed by atoms with Crippen LogP contribution in [0.3, 0.4) is 0 Å². The number of nitrogens with one attached hydrogen (secondary N) is 1. The second kappa shape index (κ2) is 6.37. The first kappa shape index (κ1) is 17.0. The van der Waals surface area contributed by atoms with Gasteiger partial charge in [0, 0.05) is 29.0 Å². The van der Waals surface area contributed by atoms with Crippen LogP contribution in [-0.4, -0.2) is 30.4 Å². The number of hydrogen-bond donors (Lipinski definition) is 1. The van der Waals surface area contributed by atoms with E-state index < -0.39 is 9.84 Å². The molecule has 1 N–H and O–H groups in total. The summed E-state index contributed by atoms with van der Waals surface area (Å²) in [7, 11) is -3.24. The molecule has 0 spiro atoms. The minimum absolute atomic E-state index is 0.0670. The summed E-state index contributed by atoms with van der Waals surface area (Å²) in [5, 5.41) is 9.39. The number of carbonyl (C=O) groups is 1. The van der Waals surface area contributed by atoms with Crippen molar-refractivity contribution in [3.8, 4) is 0 Å². The summed E-state index contributed by atoms with van der Waals surface area (Å²) in [5.74, 6) is 0.513. The highest BCUT2D eigenvalue weighted by Gasteiger charge is 2.30. The molecule has 6 nitrogen and oxygen atoms in total. The number of anilines is 1. The van der Waals surface area contributed by atoms with Crippen molar-refractivity contribution in [1.82, 2.24) is 9.78 Å². The van der Waals surface area contributed by atoms with Gasteiger partial charge in [0.05, 0.1) is 17.6 Å². The molecule has 0 saturated carbocycles. The minimum Gasteiger partial charge on any atom is -0.311 e. The standard InChI is InChI=1S/C18H17N3O3S2/c1-26(23,24)14-6-4-12(5-7-14)15-9-17(22)20-18-16(15)10-19-21(18)11-13-3-2-8-25-13/h2-8,10,15H,9,11H2,1H3,(H,20,22). The average molecular weight is 387 g/mol. The Morgan fingerprint density at radius 2 is 2.04 bits per heavy atom. The third-order valence-corrected chi connectivity index (χ3v) is 6.48. The summed E-state index contributed by atoms with van der Waals surface area (Å²) >= 11 is 1.64. The zero-order valence-corrected chi connectivity index (χ0v) is 15.7. The van der Waals surface area contributed by atoms with Gasteiger partial charge < -0.3 is 5.32 Å². The van der Waals surface area contributed by atoms with Crippen LogP contribution in [0, 0.1) is 0 Å². The van der Waals surface area contributed by atoms with Crippen LogP contribution in [0.4, 0.5) is 5.82 Å². The molecule has 3 aromatic rings. The number of carbonyl (C=O) groups excluding carboxylic acids is 1. The Bertz CT molecular complexity index is 1050. The van der Waals surface area contributed by atoms with Gasteiger partial charge in [0.1, 0.15) is 5.82 Å². The highest BCUT2D eigenvalue weighted by atomic mass is 32.2. The molecule has 8 heteroatoms. The van der Waals surface area contributed by atoms with Crippen molar-refractivity contribution in [2.45, 2.75) is 23.8 Å². The van der Waals surface area contributed by atoms with Gasteiger partial charge in [-0.05, 0) is 29.1 Å². The number of hydrogen-bond acceptors (Lipinski definition) is 5. The number of thiophene rings is 1. The lowest BCUT2D eigenvalue weighted by molar-refractivity contribution is -0.116. The van der Waals surface area contributed by atoms with Crippen molar-refractivity contribution < 1.29 is 13.2 Å². The number of sulfone groups is 1. The van der Waals surface area contributed by atoms with Gasteiger partial charge in [0.2, 0.25) is 5.91 Å². The van der Waals surface area contributed by atoms with Crippen molar-refractivity contribution in [2.75, 3.05) is 11.6 Å². The van der Waals surface area contributed by atoms with E-state index in [4.69, 9.17) is 0 Å². The van der Waals surface area contributed by atoms with Gasteiger partial charge in [0.25, 0.3) is 0 Å². The summed E-state index contributed by atoms with van der Waals surface area (Å²) in [6.07, 6.45) is 3.29. The Morgan fingerprint density at radius 1 is 1.27 bits per heavy atom. The zero-order chi connectivity index (χ0) is 18.3. The van der Waals surface area contributed by atoms with E-state index in [1.807, 2.05) is 17.5 Å². The fourth-order valence-electron chi connectivity index (χ4n) is 3.18. The molecule has 2 aromatic heterocycles. The molecule has 1 aliphatic rings. The van der Waals surface area contributed by atoms with Gasteiger partial charge in [-0.2, -0.15) is 5.10 Å². The molecule has 0 aliphatic carbocycles. The quantitative estimate of drug-likeness (QED) is 0.746. The Balaban J connectivity index is 1.69. The van der Waals surface area contributed by atoms with Crippen LogP contribution in [0.5, 0.6) is 0 Å². The molecule has 134 valence electrons. The molecule has 26 heavy (non-hydrogen) atoms. The van der Waals surface area contributed by atoms with E-state index in [2.05, 4.69) is 10.4 Å². The number of fused-ring (bicyclic) bond motifs is 1. The Labute approximate surface area is 155 Å². The second-order valence-electron chi connectivity index (χ2n) is 6.33. The van der Waals surface area contributed by atoms with E-state index in [-0.39, 0.29) is 16.7 Å². The maximum Gasteiger partial charge on any atom is 0.226 e. The Hall–Kier alpha value is -2.45. The monoisotopic (exact) mass is 387 g/mol. The van der Waals surface area contributed by atoms with Crippen molar-refractivity contribution in [3.63, 3.8) is 0 Å². The number of nitrogens with zero attached hydrogens (tertiary/aromatic N) is 2. The lowest BCUT2D eigenvalue weighted by Crippen LogP contribution is -2.25. The van der Waals surface area contributed by atoms with E-state index in [0.717, 1.165) is 16.0 Å².